The minimum absolute atomic E-state index is 0.0928. The third-order valence-corrected chi connectivity index (χ3v) is 7.33. The van der Waals surface area contributed by atoms with Crippen LogP contribution >= 0.6 is 0 Å². The van der Waals surface area contributed by atoms with Crippen LogP contribution in [0.15, 0.2) is 91.5 Å². The second kappa shape index (κ2) is 12.2. The van der Waals surface area contributed by atoms with E-state index in [1.165, 1.54) is 29.3 Å². The number of urea groups is 1. The third-order valence-electron chi connectivity index (χ3n) is 7.33. The fourth-order valence-electron chi connectivity index (χ4n) is 5.39. The summed E-state index contributed by atoms with van der Waals surface area (Å²) < 4.78 is 14.0. The Labute approximate surface area is 238 Å². The lowest BCUT2D eigenvalue weighted by Crippen LogP contribution is -2.66. The minimum Gasteiger partial charge on any atom is -0.508 e. The van der Waals surface area contributed by atoms with Gasteiger partial charge < -0.3 is 20.2 Å². The number of fused-ring (bicyclic) bond motifs is 1. The van der Waals surface area contributed by atoms with E-state index in [-0.39, 0.29) is 50.2 Å². The number of nitrogens with one attached hydrogen (secondary N) is 1. The number of nitrogens with zero attached hydrogens (tertiary/aromatic N) is 4. The number of carbonyl (C=O) groups is 3. The van der Waals surface area contributed by atoms with Crippen LogP contribution in [-0.2, 0) is 29.1 Å². The number of aromatic hydroxyl groups is 1. The molecule has 0 unspecified atom stereocenters. The largest absolute Gasteiger partial charge is 0.508 e. The number of hydrogen-bond acceptors (Lipinski definition) is 5. The molecule has 2 aliphatic rings. The van der Waals surface area contributed by atoms with E-state index in [1.807, 2.05) is 30.3 Å². The molecule has 3 aromatic carbocycles. The zero-order valence-electron chi connectivity index (χ0n) is 22.5. The Kier molecular flexibility index (Phi) is 8.30. The first kappa shape index (κ1) is 27.9. The summed E-state index contributed by atoms with van der Waals surface area (Å²) >= 11 is 0. The maximum atomic E-state index is 14.0. The van der Waals surface area contributed by atoms with Crippen molar-refractivity contribution >= 4 is 17.8 Å². The molecule has 2 fully saturated rings. The predicted octanol–water partition coefficient (Wildman–Crippen LogP) is 3.27. The lowest BCUT2D eigenvalue weighted by molar-refractivity contribution is -0.157. The molecular weight excluding hydrogens is 525 g/mol. The van der Waals surface area contributed by atoms with Crippen LogP contribution in [0.25, 0.3) is 0 Å². The van der Waals surface area contributed by atoms with Crippen LogP contribution in [0.1, 0.15) is 16.7 Å². The van der Waals surface area contributed by atoms with E-state index in [2.05, 4.69) is 11.9 Å². The van der Waals surface area contributed by atoms with E-state index in [9.17, 15) is 23.9 Å². The summed E-state index contributed by atoms with van der Waals surface area (Å²) in [4.78, 5) is 43.9. The lowest BCUT2D eigenvalue weighted by atomic mass is 10.00. The van der Waals surface area contributed by atoms with Gasteiger partial charge in [-0.2, -0.15) is 5.01 Å². The smallest absolute Gasteiger partial charge is 0.332 e. The number of rotatable bonds is 9. The van der Waals surface area contributed by atoms with Crippen LogP contribution in [-0.4, -0.2) is 74.6 Å². The number of piperazine rings is 1. The normalized spacial score (nSPS) is 18.8. The first-order valence-corrected chi connectivity index (χ1v) is 13.4. The van der Waals surface area contributed by atoms with Crippen molar-refractivity contribution in [2.24, 2.45) is 0 Å². The summed E-state index contributed by atoms with van der Waals surface area (Å²) in [6.07, 6.45) is 1.18. The molecule has 2 heterocycles. The zero-order chi connectivity index (χ0) is 28.9. The van der Waals surface area contributed by atoms with E-state index < -0.39 is 24.1 Å². The molecule has 0 aliphatic carbocycles. The zero-order valence-corrected chi connectivity index (χ0v) is 22.5. The van der Waals surface area contributed by atoms with Gasteiger partial charge in [0.05, 0.1) is 19.6 Å². The summed E-state index contributed by atoms with van der Waals surface area (Å²) in [5.74, 6) is -0.849. The van der Waals surface area contributed by atoms with E-state index in [0.29, 0.717) is 12.1 Å². The maximum absolute atomic E-state index is 14.0. The van der Waals surface area contributed by atoms with Gasteiger partial charge in [-0.3, -0.25) is 14.6 Å². The Balaban J connectivity index is 1.43. The SMILES string of the molecule is C=CCN(C(=O)NCc1ccccc1)N1CC(=O)N2[C@@H](Cc3ccc(O)cc3)C(=O)N(Cc3cccc(F)c3)C[C@@H]21. The van der Waals surface area contributed by atoms with Crippen LogP contribution in [0.4, 0.5) is 9.18 Å². The Bertz CT molecular complexity index is 1420. The fourth-order valence-corrected chi connectivity index (χ4v) is 5.39. The van der Waals surface area contributed by atoms with Crippen LogP contribution in [0.5, 0.6) is 5.75 Å². The van der Waals surface area contributed by atoms with Crippen molar-refractivity contribution in [3.05, 3.63) is 114 Å². The number of phenolic OH excluding ortho intramolecular Hbond substituents is 1. The monoisotopic (exact) mass is 557 g/mol. The molecule has 212 valence electrons. The molecule has 9 nitrogen and oxygen atoms in total. The van der Waals surface area contributed by atoms with E-state index >= 15 is 0 Å². The number of hydrogen-bond donors (Lipinski definition) is 2. The van der Waals surface area contributed by atoms with Gasteiger partial charge >= 0.3 is 6.03 Å². The van der Waals surface area contributed by atoms with Gasteiger partial charge in [-0.15, -0.1) is 6.58 Å². The molecule has 0 bridgehead atoms. The van der Waals surface area contributed by atoms with E-state index in [4.69, 9.17) is 0 Å². The Morgan fingerprint density at radius 1 is 1.02 bits per heavy atom. The number of halogens is 1. The molecule has 3 aromatic rings. The minimum atomic E-state index is -0.845. The second-order valence-electron chi connectivity index (χ2n) is 10.1. The number of benzene rings is 3. The highest BCUT2D eigenvalue weighted by molar-refractivity contribution is 5.91. The maximum Gasteiger partial charge on any atom is 0.332 e. The van der Waals surface area contributed by atoms with Crippen molar-refractivity contribution in [1.82, 2.24) is 25.1 Å². The van der Waals surface area contributed by atoms with Crippen LogP contribution in [0.3, 0.4) is 0 Å². The highest BCUT2D eigenvalue weighted by atomic mass is 19.1. The van der Waals surface area contributed by atoms with Gasteiger partial charge in [-0.05, 0) is 41.0 Å². The molecule has 2 N–H and O–H groups in total. The van der Waals surface area contributed by atoms with Gasteiger partial charge in [0.2, 0.25) is 11.8 Å². The lowest BCUT2D eigenvalue weighted by Gasteiger charge is -2.46. The quantitative estimate of drug-likeness (QED) is 0.394. The Morgan fingerprint density at radius 3 is 2.46 bits per heavy atom. The molecule has 0 aromatic heterocycles. The van der Waals surface area contributed by atoms with Gasteiger partial charge in [0.25, 0.3) is 0 Å². The Hall–Kier alpha value is -4.70. The van der Waals surface area contributed by atoms with Crippen LogP contribution in [0, 0.1) is 5.82 Å². The average molecular weight is 558 g/mol. The topological polar surface area (TPSA) is 96.4 Å². The molecule has 0 spiro atoms. The van der Waals surface area contributed by atoms with Crippen molar-refractivity contribution in [2.75, 3.05) is 19.6 Å². The number of carbonyl (C=O) groups excluding carboxylic acids is 3. The Morgan fingerprint density at radius 2 is 1.76 bits per heavy atom. The average Bonchev–Trinajstić information content (AvgIpc) is 3.29. The first-order chi connectivity index (χ1) is 19.8. The van der Waals surface area contributed by atoms with Gasteiger partial charge in [0, 0.05) is 19.5 Å². The van der Waals surface area contributed by atoms with Crippen LogP contribution in [0.2, 0.25) is 0 Å². The molecule has 0 saturated carbocycles. The third kappa shape index (κ3) is 6.22. The van der Waals surface area contributed by atoms with Crippen molar-refractivity contribution in [3.63, 3.8) is 0 Å². The summed E-state index contributed by atoms with van der Waals surface area (Å²) in [6, 6.07) is 20.8. The first-order valence-electron chi connectivity index (χ1n) is 13.4. The van der Waals surface area contributed by atoms with Gasteiger partial charge in [-0.1, -0.05) is 60.7 Å². The highest BCUT2D eigenvalue weighted by Gasteiger charge is 2.52. The fraction of sp³-hybridized carbons (Fsp3) is 0.258. The summed E-state index contributed by atoms with van der Waals surface area (Å²) in [7, 11) is 0. The van der Waals surface area contributed by atoms with Gasteiger partial charge in [0.15, 0.2) is 0 Å². The highest BCUT2D eigenvalue weighted by Crippen LogP contribution is 2.30. The molecule has 2 aliphatic heterocycles. The van der Waals surface area contributed by atoms with E-state index in [0.717, 1.165) is 11.1 Å². The van der Waals surface area contributed by atoms with Crippen molar-refractivity contribution < 1.29 is 23.9 Å². The van der Waals surface area contributed by atoms with Crippen molar-refractivity contribution in [2.45, 2.75) is 31.7 Å². The number of hydrazine groups is 1. The number of amides is 4. The summed E-state index contributed by atoms with van der Waals surface area (Å²) in [6.45, 7) is 4.44. The molecular formula is C31H32FN5O4. The molecule has 4 amide bonds. The summed E-state index contributed by atoms with van der Waals surface area (Å²) in [5, 5.41) is 15.8. The summed E-state index contributed by atoms with van der Waals surface area (Å²) in [5.41, 5.74) is 2.31. The van der Waals surface area contributed by atoms with Gasteiger partial charge in [0.1, 0.15) is 23.8 Å². The number of phenols is 1. The second-order valence-corrected chi connectivity index (χ2v) is 10.1. The van der Waals surface area contributed by atoms with Crippen molar-refractivity contribution in [3.8, 4) is 5.75 Å². The van der Waals surface area contributed by atoms with Crippen LogP contribution < -0.4 is 5.32 Å². The molecule has 5 rings (SSSR count). The molecule has 0 radical (unpaired) electrons. The van der Waals surface area contributed by atoms with Gasteiger partial charge in [-0.25, -0.2) is 9.18 Å². The van der Waals surface area contributed by atoms with Crippen molar-refractivity contribution in [1.29, 1.82) is 0 Å². The molecule has 41 heavy (non-hydrogen) atoms. The standard InChI is InChI=1S/C31H32FN5O4/c1-2-15-35(31(41)33-18-23-7-4-3-5-8-23)36-21-29(39)37-27(17-22-11-13-26(38)14-12-22)30(40)34(20-28(36)37)19-24-9-6-10-25(32)16-24/h2-14,16,27-28,38H,1,15,17-21H2,(H,33,41)/t27-,28+/m0/s1. The molecule has 10 heteroatoms. The molecule has 2 saturated heterocycles. The predicted molar refractivity (Wildman–Crippen MR) is 150 cm³/mol. The van der Waals surface area contributed by atoms with E-state index in [1.54, 1.807) is 45.2 Å². The molecule has 2 atom stereocenters.